The summed E-state index contributed by atoms with van der Waals surface area (Å²) in [5, 5.41) is 0.737. The summed E-state index contributed by atoms with van der Waals surface area (Å²) in [4.78, 5) is 11.5. The van der Waals surface area contributed by atoms with E-state index in [0.29, 0.717) is 0 Å². The van der Waals surface area contributed by atoms with Gasteiger partial charge >= 0.3 is 0 Å². The van der Waals surface area contributed by atoms with E-state index in [1.54, 1.807) is 0 Å². The Morgan fingerprint density at radius 1 is 1.28 bits per heavy atom. The van der Waals surface area contributed by atoms with Gasteiger partial charge in [-0.15, -0.1) is 0 Å². The predicted octanol–water partition coefficient (Wildman–Crippen LogP) is 3.41. The molecule has 96 valence electrons. The number of fused-ring (bicyclic) bond motifs is 1. The third kappa shape index (κ3) is 1.42. The molecule has 3 rings (SSSR count). The first-order valence-electron chi connectivity index (χ1n) is 6.36. The molecule has 0 radical (unpaired) electrons. The molecule has 0 amide bonds. The molecule has 2 nitrogen and oxygen atoms in total. The Kier molecular flexibility index (Phi) is 2.43. The summed E-state index contributed by atoms with van der Waals surface area (Å²) in [5.74, 6) is 0. The lowest BCUT2D eigenvalue weighted by Gasteiger charge is -2.23. The van der Waals surface area contributed by atoms with Crippen molar-refractivity contribution < 1.29 is 9.53 Å². The number of carbonyl (C=O) groups excluding carboxylic acids is 1. The quantitative estimate of drug-likeness (QED) is 0.619. The van der Waals surface area contributed by atoms with Gasteiger partial charge in [0.05, 0.1) is 0 Å². The van der Waals surface area contributed by atoms with Crippen molar-refractivity contribution in [2.24, 2.45) is 5.41 Å². The van der Waals surface area contributed by atoms with Gasteiger partial charge in [0.25, 0.3) is 0 Å². The van der Waals surface area contributed by atoms with Crippen LogP contribution in [0.2, 0.25) is 5.02 Å². The molecule has 1 aromatic carbocycles. The third-order valence-electron chi connectivity index (χ3n) is 4.72. The van der Waals surface area contributed by atoms with E-state index in [9.17, 15) is 4.79 Å². The maximum Gasteiger partial charge on any atom is 0.158 e. The van der Waals surface area contributed by atoms with Crippen LogP contribution in [0.5, 0.6) is 0 Å². The predicted molar refractivity (Wildman–Crippen MR) is 70.8 cm³/mol. The molecular formula is C15H17ClO2. The molecule has 1 saturated heterocycles. The van der Waals surface area contributed by atoms with Crippen molar-refractivity contribution in [1.82, 2.24) is 0 Å². The fourth-order valence-corrected chi connectivity index (χ4v) is 3.58. The molecule has 0 aromatic heterocycles. The fourth-order valence-electron chi connectivity index (χ4n) is 3.45. The molecule has 1 aromatic rings. The van der Waals surface area contributed by atoms with Gasteiger partial charge in [0, 0.05) is 16.9 Å². The maximum absolute atomic E-state index is 11.5. The van der Waals surface area contributed by atoms with E-state index in [-0.39, 0.29) is 11.0 Å². The molecule has 2 fully saturated rings. The van der Waals surface area contributed by atoms with Crippen LogP contribution in [-0.2, 0) is 16.0 Å². The van der Waals surface area contributed by atoms with E-state index in [0.717, 1.165) is 30.6 Å². The minimum absolute atomic E-state index is 0.0544. The molecule has 1 aliphatic carbocycles. The zero-order valence-corrected chi connectivity index (χ0v) is 11.5. The normalized spacial score (nSPS) is 36.2. The standard InChI is InChI=1S/C15H17ClO2/c1-13(2)7-8-14(15(13,10-17)18-14)9-11-3-5-12(16)6-4-11/h3-6,10H,7-9H2,1-2H3/t14-,15-/m1/s1. The van der Waals surface area contributed by atoms with Crippen molar-refractivity contribution in [3.63, 3.8) is 0 Å². The smallest absolute Gasteiger partial charge is 0.158 e. The van der Waals surface area contributed by atoms with Gasteiger partial charge in [-0.2, -0.15) is 0 Å². The number of benzene rings is 1. The number of rotatable bonds is 3. The number of hydrogen-bond donors (Lipinski definition) is 0. The average molecular weight is 265 g/mol. The van der Waals surface area contributed by atoms with Crippen LogP contribution in [0.15, 0.2) is 24.3 Å². The second-order valence-electron chi connectivity index (χ2n) is 6.14. The summed E-state index contributed by atoms with van der Waals surface area (Å²) in [7, 11) is 0. The van der Waals surface area contributed by atoms with E-state index >= 15 is 0 Å². The number of hydrogen-bond acceptors (Lipinski definition) is 2. The Morgan fingerprint density at radius 3 is 2.50 bits per heavy atom. The first-order chi connectivity index (χ1) is 8.45. The van der Waals surface area contributed by atoms with Crippen LogP contribution in [0, 0.1) is 5.41 Å². The van der Waals surface area contributed by atoms with Crippen molar-refractivity contribution in [2.45, 2.75) is 44.3 Å². The minimum atomic E-state index is -0.570. The van der Waals surface area contributed by atoms with Gasteiger partial charge in [0.1, 0.15) is 5.60 Å². The molecule has 1 heterocycles. The molecule has 18 heavy (non-hydrogen) atoms. The lowest BCUT2D eigenvalue weighted by atomic mass is 9.78. The zero-order chi connectivity index (χ0) is 13.0. The van der Waals surface area contributed by atoms with Gasteiger partial charge in [0.2, 0.25) is 0 Å². The SMILES string of the molecule is CC1(C)CC[C@]2(Cc3ccc(Cl)cc3)O[C@]12C=O. The summed E-state index contributed by atoms with van der Waals surface area (Å²) < 4.78 is 5.93. The highest BCUT2D eigenvalue weighted by atomic mass is 35.5. The molecule has 0 spiro atoms. The van der Waals surface area contributed by atoms with Crippen molar-refractivity contribution in [3.05, 3.63) is 34.9 Å². The maximum atomic E-state index is 11.5. The lowest BCUT2D eigenvalue weighted by Crippen LogP contribution is -2.35. The van der Waals surface area contributed by atoms with E-state index in [4.69, 9.17) is 16.3 Å². The summed E-state index contributed by atoms with van der Waals surface area (Å²) in [5.41, 5.74) is 0.285. The zero-order valence-electron chi connectivity index (χ0n) is 10.7. The van der Waals surface area contributed by atoms with E-state index in [1.165, 1.54) is 5.56 Å². The molecule has 3 heteroatoms. The molecule has 1 aliphatic heterocycles. The molecule has 0 N–H and O–H groups in total. The highest BCUT2D eigenvalue weighted by Gasteiger charge is 2.79. The number of halogens is 1. The number of carbonyl (C=O) groups is 1. The van der Waals surface area contributed by atoms with Crippen LogP contribution in [0.4, 0.5) is 0 Å². The van der Waals surface area contributed by atoms with Gasteiger partial charge in [0.15, 0.2) is 11.9 Å². The largest absolute Gasteiger partial charge is 0.354 e. The lowest BCUT2D eigenvalue weighted by molar-refractivity contribution is -0.115. The molecular weight excluding hydrogens is 248 g/mol. The molecule has 2 atom stereocenters. The Hall–Kier alpha value is -0.860. The Balaban J connectivity index is 1.87. The second kappa shape index (κ2) is 3.58. The minimum Gasteiger partial charge on any atom is -0.354 e. The van der Waals surface area contributed by atoms with Gasteiger partial charge < -0.3 is 4.74 Å². The highest BCUT2D eigenvalue weighted by molar-refractivity contribution is 6.30. The van der Waals surface area contributed by atoms with Crippen LogP contribution in [0.25, 0.3) is 0 Å². The van der Waals surface area contributed by atoms with Gasteiger partial charge in [-0.25, -0.2) is 0 Å². The van der Waals surface area contributed by atoms with Crippen molar-refractivity contribution in [2.75, 3.05) is 0 Å². The van der Waals surface area contributed by atoms with Crippen molar-refractivity contribution in [3.8, 4) is 0 Å². The Morgan fingerprint density at radius 2 is 1.94 bits per heavy atom. The number of aldehydes is 1. The summed E-state index contributed by atoms with van der Waals surface area (Å²) >= 11 is 5.89. The average Bonchev–Trinajstić information content (AvgIpc) is 2.95. The fraction of sp³-hybridized carbons (Fsp3) is 0.533. The molecule has 0 bridgehead atoms. The van der Waals surface area contributed by atoms with Crippen LogP contribution < -0.4 is 0 Å². The Labute approximate surface area is 112 Å². The summed E-state index contributed by atoms with van der Waals surface area (Å²) in [6, 6.07) is 7.80. The van der Waals surface area contributed by atoms with Crippen molar-refractivity contribution >= 4 is 17.9 Å². The first-order valence-corrected chi connectivity index (χ1v) is 6.74. The van der Waals surface area contributed by atoms with Crippen LogP contribution in [-0.4, -0.2) is 17.5 Å². The van der Waals surface area contributed by atoms with E-state index < -0.39 is 5.60 Å². The van der Waals surface area contributed by atoms with Gasteiger partial charge in [-0.3, -0.25) is 4.79 Å². The third-order valence-corrected chi connectivity index (χ3v) is 4.97. The van der Waals surface area contributed by atoms with E-state index in [1.807, 2.05) is 24.3 Å². The monoisotopic (exact) mass is 264 g/mol. The highest BCUT2D eigenvalue weighted by Crippen LogP contribution is 2.68. The van der Waals surface area contributed by atoms with Crippen LogP contribution in [0.1, 0.15) is 32.3 Å². The summed E-state index contributed by atoms with van der Waals surface area (Å²) in [6.07, 6.45) is 3.82. The number of ether oxygens (including phenoxy) is 1. The van der Waals surface area contributed by atoms with E-state index in [2.05, 4.69) is 13.8 Å². The van der Waals surface area contributed by atoms with Gasteiger partial charge in [-0.05, 0) is 30.5 Å². The second-order valence-corrected chi connectivity index (χ2v) is 6.57. The molecule has 1 saturated carbocycles. The van der Waals surface area contributed by atoms with Crippen LogP contribution in [0.3, 0.4) is 0 Å². The van der Waals surface area contributed by atoms with Crippen LogP contribution >= 0.6 is 11.6 Å². The first kappa shape index (κ1) is 12.2. The molecule has 2 aliphatic rings. The Bertz CT molecular complexity index is 494. The number of epoxide rings is 1. The topological polar surface area (TPSA) is 29.6 Å². The van der Waals surface area contributed by atoms with Crippen molar-refractivity contribution in [1.29, 1.82) is 0 Å². The van der Waals surface area contributed by atoms with Gasteiger partial charge in [-0.1, -0.05) is 37.6 Å². The summed E-state index contributed by atoms with van der Waals surface area (Å²) in [6.45, 7) is 4.25. The molecule has 0 unspecified atom stereocenters.